The van der Waals surface area contributed by atoms with Crippen LogP contribution in [0.2, 0.25) is 0 Å². The molecule has 1 rings (SSSR count). The number of unbranched alkanes of at least 4 members (excludes halogenated alkanes) is 3. The summed E-state index contributed by atoms with van der Waals surface area (Å²) < 4.78 is 5.23. The molecule has 0 aliphatic heterocycles. The van der Waals surface area contributed by atoms with Gasteiger partial charge in [-0.25, -0.2) is 0 Å². The van der Waals surface area contributed by atoms with Gasteiger partial charge in [-0.2, -0.15) is 0 Å². The summed E-state index contributed by atoms with van der Waals surface area (Å²) in [6.07, 6.45) is 11.7. The third-order valence-corrected chi connectivity index (χ3v) is 2.87. The molecule has 0 saturated heterocycles. The molecule has 1 aliphatic carbocycles. The molecule has 0 radical (unpaired) electrons. The van der Waals surface area contributed by atoms with Crippen molar-refractivity contribution in [3.05, 3.63) is 11.8 Å². The Bertz CT molecular complexity index is 161. The number of ether oxygens (including phenoxy) is 1. The molecule has 1 heteroatoms. The lowest BCUT2D eigenvalue weighted by Crippen LogP contribution is -1.91. The minimum Gasteiger partial charge on any atom is -0.501 e. The second-order valence-electron chi connectivity index (χ2n) is 3.99. The summed E-state index contributed by atoms with van der Waals surface area (Å²) in [5, 5.41) is 0. The van der Waals surface area contributed by atoms with Crippen molar-refractivity contribution in [2.45, 2.75) is 51.9 Å². The van der Waals surface area contributed by atoms with Crippen LogP contribution in [0.5, 0.6) is 0 Å². The molecule has 1 atom stereocenters. The first-order chi connectivity index (χ1) is 6.36. The van der Waals surface area contributed by atoms with E-state index in [1.54, 1.807) is 7.11 Å². The van der Waals surface area contributed by atoms with E-state index in [1.165, 1.54) is 44.3 Å². The van der Waals surface area contributed by atoms with E-state index in [-0.39, 0.29) is 0 Å². The quantitative estimate of drug-likeness (QED) is 0.566. The van der Waals surface area contributed by atoms with Gasteiger partial charge in [0.25, 0.3) is 0 Å². The van der Waals surface area contributed by atoms with Crippen LogP contribution in [0.3, 0.4) is 0 Å². The number of hydrogen-bond donors (Lipinski definition) is 0. The molecule has 0 bridgehead atoms. The SMILES string of the molecule is CCCCCCC1C=C(OC)CC1. The first-order valence-electron chi connectivity index (χ1n) is 5.61. The van der Waals surface area contributed by atoms with Crippen molar-refractivity contribution < 1.29 is 4.74 Å². The lowest BCUT2D eigenvalue weighted by molar-refractivity contribution is 0.282. The van der Waals surface area contributed by atoms with Crippen LogP contribution in [0.1, 0.15) is 51.9 Å². The Morgan fingerprint density at radius 3 is 2.85 bits per heavy atom. The number of hydrogen-bond acceptors (Lipinski definition) is 1. The zero-order chi connectivity index (χ0) is 9.52. The van der Waals surface area contributed by atoms with Gasteiger partial charge in [-0.15, -0.1) is 0 Å². The summed E-state index contributed by atoms with van der Waals surface area (Å²) in [5.41, 5.74) is 0. The van der Waals surface area contributed by atoms with E-state index in [4.69, 9.17) is 4.74 Å². The van der Waals surface area contributed by atoms with Crippen LogP contribution in [-0.2, 0) is 4.74 Å². The standard InChI is InChI=1S/C12H22O/c1-3-4-5-6-7-11-8-9-12(10-11)13-2/h10-11H,3-9H2,1-2H3. The van der Waals surface area contributed by atoms with Gasteiger partial charge in [0.1, 0.15) is 0 Å². The molecule has 0 saturated carbocycles. The van der Waals surface area contributed by atoms with E-state index in [0.717, 1.165) is 12.3 Å². The molecule has 0 heterocycles. The maximum Gasteiger partial charge on any atom is 0.0918 e. The Labute approximate surface area is 82.2 Å². The fourth-order valence-electron chi connectivity index (χ4n) is 1.99. The second-order valence-corrected chi connectivity index (χ2v) is 3.99. The van der Waals surface area contributed by atoms with Gasteiger partial charge in [0, 0.05) is 6.42 Å². The van der Waals surface area contributed by atoms with Crippen LogP contribution in [-0.4, -0.2) is 7.11 Å². The van der Waals surface area contributed by atoms with Gasteiger partial charge in [-0.3, -0.25) is 0 Å². The third-order valence-electron chi connectivity index (χ3n) is 2.87. The minimum absolute atomic E-state index is 0.812. The topological polar surface area (TPSA) is 9.23 Å². The predicted molar refractivity (Wildman–Crippen MR) is 56.6 cm³/mol. The zero-order valence-corrected chi connectivity index (χ0v) is 9.01. The van der Waals surface area contributed by atoms with Crippen molar-refractivity contribution in [3.8, 4) is 0 Å². The Morgan fingerprint density at radius 1 is 1.38 bits per heavy atom. The second kappa shape index (κ2) is 6.06. The first-order valence-corrected chi connectivity index (χ1v) is 5.61. The lowest BCUT2D eigenvalue weighted by Gasteiger charge is -2.05. The molecule has 0 aromatic heterocycles. The van der Waals surface area contributed by atoms with Gasteiger partial charge in [0.15, 0.2) is 0 Å². The summed E-state index contributed by atoms with van der Waals surface area (Å²) in [5.74, 6) is 2.02. The van der Waals surface area contributed by atoms with Crippen molar-refractivity contribution in [1.82, 2.24) is 0 Å². The highest BCUT2D eigenvalue weighted by molar-refractivity contribution is 5.03. The molecule has 0 aromatic carbocycles. The van der Waals surface area contributed by atoms with Crippen molar-refractivity contribution in [2.75, 3.05) is 7.11 Å². The Hall–Kier alpha value is -0.460. The molecule has 0 spiro atoms. The highest BCUT2D eigenvalue weighted by atomic mass is 16.5. The molecule has 13 heavy (non-hydrogen) atoms. The Morgan fingerprint density at radius 2 is 2.23 bits per heavy atom. The van der Waals surface area contributed by atoms with Crippen LogP contribution in [0.25, 0.3) is 0 Å². The highest BCUT2D eigenvalue weighted by Crippen LogP contribution is 2.28. The van der Waals surface area contributed by atoms with Gasteiger partial charge < -0.3 is 4.74 Å². The molecule has 0 aromatic rings. The van der Waals surface area contributed by atoms with Crippen LogP contribution >= 0.6 is 0 Å². The monoisotopic (exact) mass is 182 g/mol. The van der Waals surface area contributed by atoms with Gasteiger partial charge in [-0.05, 0) is 24.8 Å². The number of rotatable bonds is 6. The maximum absolute atomic E-state index is 5.23. The van der Waals surface area contributed by atoms with Gasteiger partial charge >= 0.3 is 0 Å². The first kappa shape index (κ1) is 10.6. The van der Waals surface area contributed by atoms with E-state index in [1.807, 2.05) is 0 Å². The predicted octanol–water partition coefficient (Wildman–Crippen LogP) is 3.90. The molecular weight excluding hydrogens is 160 g/mol. The van der Waals surface area contributed by atoms with Crippen molar-refractivity contribution in [2.24, 2.45) is 5.92 Å². The molecule has 0 fully saturated rings. The summed E-state index contributed by atoms with van der Waals surface area (Å²) >= 11 is 0. The lowest BCUT2D eigenvalue weighted by atomic mass is 10.0. The van der Waals surface area contributed by atoms with Crippen molar-refractivity contribution >= 4 is 0 Å². The van der Waals surface area contributed by atoms with Crippen LogP contribution in [0.4, 0.5) is 0 Å². The number of allylic oxidation sites excluding steroid dienone is 2. The summed E-state index contributed by atoms with van der Waals surface area (Å²) in [4.78, 5) is 0. The van der Waals surface area contributed by atoms with E-state index < -0.39 is 0 Å². The normalized spacial score (nSPS) is 21.7. The summed E-state index contributed by atoms with van der Waals surface area (Å²) in [6, 6.07) is 0. The summed E-state index contributed by atoms with van der Waals surface area (Å²) in [7, 11) is 1.78. The molecular formula is C12H22O. The Kier molecular flexibility index (Phi) is 4.95. The van der Waals surface area contributed by atoms with E-state index >= 15 is 0 Å². The van der Waals surface area contributed by atoms with Crippen molar-refractivity contribution in [3.63, 3.8) is 0 Å². The molecule has 1 unspecified atom stereocenters. The fourth-order valence-corrected chi connectivity index (χ4v) is 1.99. The molecule has 0 amide bonds. The van der Waals surface area contributed by atoms with E-state index in [2.05, 4.69) is 13.0 Å². The molecule has 1 nitrogen and oxygen atoms in total. The van der Waals surface area contributed by atoms with Crippen LogP contribution < -0.4 is 0 Å². The van der Waals surface area contributed by atoms with Gasteiger partial charge in [0.05, 0.1) is 12.9 Å². The van der Waals surface area contributed by atoms with Crippen molar-refractivity contribution in [1.29, 1.82) is 0 Å². The molecule has 76 valence electrons. The third kappa shape index (κ3) is 3.84. The van der Waals surface area contributed by atoms with E-state index in [0.29, 0.717) is 0 Å². The molecule has 1 aliphatic rings. The summed E-state index contributed by atoms with van der Waals surface area (Å²) in [6.45, 7) is 2.26. The number of methoxy groups -OCH3 is 1. The minimum atomic E-state index is 0.812. The zero-order valence-electron chi connectivity index (χ0n) is 9.01. The maximum atomic E-state index is 5.23. The van der Waals surface area contributed by atoms with E-state index in [9.17, 15) is 0 Å². The largest absolute Gasteiger partial charge is 0.501 e. The van der Waals surface area contributed by atoms with Crippen LogP contribution in [0.15, 0.2) is 11.8 Å². The average Bonchev–Trinajstić information content (AvgIpc) is 2.60. The fraction of sp³-hybridized carbons (Fsp3) is 0.833. The smallest absolute Gasteiger partial charge is 0.0918 e. The van der Waals surface area contributed by atoms with Gasteiger partial charge in [-0.1, -0.05) is 32.6 Å². The Balaban J connectivity index is 2.06. The molecule has 0 N–H and O–H groups in total. The van der Waals surface area contributed by atoms with Crippen LogP contribution in [0, 0.1) is 5.92 Å². The average molecular weight is 182 g/mol. The van der Waals surface area contributed by atoms with Gasteiger partial charge in [0.2, 0.25) is 0 Å². The highest BCUT2D eigenvalue weighted by Gasteiger charge is 2.15.